The zero-order valence-corrected chi connectivity index (χ0v) is 13.9. The van der Waals surface area contributed by atoms with Gasteiger partial charge >= 0.3 is 0 Å². The topological polar surface area (TPSA) is 74.6 Å². The Morgan fingerprint density at radius 1 is 0.800 bits per heavy atom. The number of unbranched alkanes of at least 4 members (excludes halogenated alkanes) is 5. The highest BCUT2D eigenvalue weighted by Crippen LogP contribution is 2.19. The van der Waals surface area contributed by atoms with E-state index in [-0.39, 0.29) is 0 Å². The van der Waals surface area contributed by atoms with Crippen molar-refractivity contribution in [2.24, 2.45) is 0 Å². The molecule has 0 spiro atoms. The van der Waals surface area contributed by atoms with Gasteiger partial charge in [-0.05, 0) is 25.7 Å². The van der Waals surface area contributed by atoms with Gasteiger partial charge in [0.1, 0.15) is 0 Å². The van der Waals surface area contributed by atoms with Crippen LogP contribution in [0.25, 0.3) is 0 Å². The van der Waals surface area contributed by atoms with E-state index in [1.165, 1.54) is 6.42 Å². The van der Waals surface area contributed by atoms with Crippen molar-refractivity contribution in [3.8, 4) is 0 Å². The Labute approximate surface area is 124 Å². The van der Waals surface area contributed by atoms with Gasteiger partial charge in [0.05, 0.1) is 11.4 Å². The average molecular weight is 308 g/mol. The minimum atomic E-state index is -3.98. The van der Waals surface area contributed by atoms with E-state index >= 15 is 0 Å². The van der Waals surface area contributed by atoms with Gasteiger partial charge in [-0.25, -0.2) is 0 Å². The first-order chi connectivity index (χ1) is 9.41. The van der Waals surface area contributed by atoms with Gasteiger partial charge in [0, 0.05) is 0 Å². The van der Waals surface area contributed by atoms with E-state index in [0.717, 1.165) is 38.5 Å². The minimum absolute atomic E-state index is 0.359. The van der Waals surface area contributed by atoms with E-state index in [1.54, 1.807) is 0 Å². The predicted octanol–water partition coefficient (Wildman–Crippen LogP) is 3.93. The molecule has 2 N–H and O–H groups in total. The molecule has 0 fully saturated rings. The van der Waals surface area contributed by atoms with Crippen LogP contribution in [0.4, 0.5) is 0 Å². The van der Waals surface area contributed by atoms with Crippen LogP contribution in [0.1, 0.15) is 84.5 Å². The maximum absolute atomic E-state index is 11.4. The molecule has 0 saturated carbocycles. The second-order valence-corrected chi connectivity index (χ2v) is 7.41. The number of rotatable bonds is 13. The third kappa shape index (κ3) is 10.6. The fourth-order valence-electron chi connectivity index (χ4n) is 2.38. The molecule has 0 aromatic heterocycles. The van der Waals surface area contributed by atoms with Crippen molar-refractivity contribution in [1.82, 2.24) is 0 Å². The van der Waals surface area contributed by atoms with Crippen LogP contribution in [-0.4, -0.2) is 29.4 Å². The Hall–Kier alpha value is -0.130. The quantitative estimate of drug-likeness (QED) is 0.399. The van der Waals surface area contributed by atoms with Crippen LogP contribution >= 0.6 is 0 Å². The lowest BCUT2D eigenvalue weighted by molar-refractivity contribution is 0.148. The third-order valence-corrected chi connectivity index (χ3v) is 5.08. The highest BCUT2D eigenvalue weighted by molar-refractivity contribution is 7.86. The summed E-state index contributed by atoms with van der Waals surface area (Å²) in [5.74, 6) is 0. The summed E-state index contributed by atoms with van der Waals surface area (Å²) in [7, 11) is -3.98. The van der Waals surface area contributed by atoms with E-state index in [2.05, 4.69) is 13.8 Å². The lowest BCUT2D eigenvalue weighted by Crippen LogP contribution is -2.22. The SMILES string of the molecule is CCCCCCCC(CCC(O)CCCC)S(=O)(=O)O. The van der Waals surface area contributed by atoms with Crippen LogP contribution < -0.4 is 0 Å². The maximum Gasteiger partial charge on any atom is 0.267 e. The van der Waals surface area contributed by atoms with Crippen LogP contribution in [0.3, 0.4) is 0 Å². The summed E-state index contributed by atoms with van der Waals surface area (Å²) in [6, 6.07) is 0. The molecule has 4 nitrogen and oxygen atoms in total. The molecule has 0 rings (SSSR count). The molecule has 0 aliphatic heterocycles. The lowest BCUT2D eigenvalue weighted by Gasteiger charge is -2.16. The second-order valence-electron chi connectivity index (χ2n) is 5.71. The highest BCUT2D eigenvalue weighted by atomic mass is 32.2. The van der Waals surface area contributed by atoms with Gasteiger partial charge in [0.25, 0.3) is 10.1 Å². The molecule has 0 aromatic rings. The molecule has 20 heavy (non-hydrogen) atoms. The number of aliphatic hydroxyl groups excluding tert-OH is 1. The fraction of sp³-hybridized carbons (Fsp3) is 1.00. The van der Waals surface area contributed by atoms with Crippen molar-refractivity contribution >= 4 is 10.1 Å². The van der Waals surface area contributed by atoms with E-state index < -0.39 is 21.5 Å². The van der Waals surface area contributed by atoms with Gasteiger partial charge in [0.2, 0.25) is 0 Å². The summed E-state index contributed by atoms with van der Waals surface area (Å²) >= 11 is 0. The zero-order chi connectivity index (χ0) is 15.4. The molecule has 0 heterocycles. The molecule has 0 amide bonds. The zero-order valence-electron chi connectivity index (χ0n) is 13.1. The van der Waals surface area contributed by atoms with E-state index in [4.69, 9.17) is 0 Å². The lowest BCUT2D eigenvalue weighted by atomic mass is 10.0. The van der Waals surface area contributed by atoms with Crippen molar-refractivity contribution in [2.75, 3.05) is 0 Å². The molecule has 2 unspecified atom stereocenters. The summed E-state index contributed by atoms with van der Waals surface area (Å²) in [5, 5.41) is 9.05. The number of hydrogen-bond acceptors (Lipinski definition) is 3. The molecule has 2 atom stereocenters. The van der Waals surface area contributed by atoms with Crippen LogP contribution in [0, 0.1) is 0 Å². The Balaban J connectivity index is 4.04. The molecule has 0 aliphatic rings. The van der Waals surface area contributed by atoms with E-state index in [1.807, 2.05) is 0 Å². The molecule has 0 saturated heterocycles. The van der Waals surface area contributed by atoms with Gasteiger partial charge in [0.15, 0.2) is 0 Å². The maximum atomic E-state index is 11.4. The summed E-state index contributed by atoms with van der Waals surface area (Å²) in [6.07, 6.45) is 8.86. The van der Waals surface area contributed by atoms with Crippen molar-refractivity contribution in [3.05, 3.63) is 0 Å². The van der Waals surface area contributed by atoms with Gasteiger partial charge < -0.3 is 5.11 Å². The van der Waals surface area contributed by atoms with Gasteiger partial charge in [-0.1, -0.05) is 58.8 Å². The summed E-state index contributed by atoms with van der Waals surface area (Å²) in [5.41, 5.74) is 0. The summed E-state index contributed by atoms with van der Waals surface area (Å²) < 4.78 is 32.0. The smallest absolute Gasteiger partial charge is 0.267 e. The molecule has 0 radical (unpaired) electrons. The van der Waals surface area contributed by atoms with Crippen molar-refractivity contribution in [3.63, 3.8) is 0 Å². The highest BCUT2D eigenvalue weighted by Gasteiger charge is 2.23. The Kier molecular flexibility index (Phi) is 11.4. The van der Waals surface area contributed by atoms with Crippen LogP contribution in [0.5, 0.6) is 0 Å². The van der Waals surface area contributed by atoms with Crippen LogP contribution in [0.15, 0.2) is 0 Å². The number of hydrogen-bond donors (Lipinski definition) is 2. The van der Waals surface area contributed by atoms with Crippen LogP contribution in [0.2, 0.25) is 0 Å². The molecule has 0 aromatic carbocycles. The largest absolute Gasteiger partial charge is 0.393 e. The van der Waals surface area contributed by atoms with Crippen LogP contribution in [-0.2, 0) is 10.1 Å². The molecule has 5 heteroatoms. The van der Waals surface area contributed by atoms with Crippen molar-refractivity contribution < 1.29 is 18.1 Å². The first-order valence-corrected chi connectivity index (χ1v) is 9.56. The Morgan fingerprint density at radius 2 is 1.40 bits per heavy atom. The fourth-order valence-corrected chi connectivity index (χ4v) is 3.28. The van der Waals surface area contributed by atoms with Crippen molar-refractivity contribution in [1.29, 1.82) is 0 Å². The summed E-state index contributed by atoms with van der Waals surface area (Å²) in [6.45, 7) is 4.20. The summed E-state index contributed by atoms with van der Waals surface area (Å²) in [4.78, 5) is 0. The predicted molar refractivity (Wildman–Crippen MR) is 83.5 cm³/mol. The Bertz CT molecular complexity index is 314. The third-order valence-electron chi connectivity index (χ3n) is 3.76. The number of aliphatic hydroxyl groups is 1. The van der Waals surface area contributed by atoms with E-state index in [9.17, 15) is 18.1 Å². The minimum Gasteiger partial charge on any atom is -0.393 e. The molecule has 122 valence electrons. The first-order valence-electron chi connectivity index (χ1n) is 8.06. The normalized spacial score (nSPS) is 15.2. The first kappa shape index (κ1) is 19.9. The standard InChI is InChI=1S/C15H32O4S/c1-3-5-7-8-9-11-15(20(17,18)19)13-12-14(16)10-6-4-2/h14-16H,3-13H2,1-2H3,(H,17,18,19). The average Bonchev–Trinajstić information content (AvgIpc) is 2.38. The van der Waals surface area contributed by atoms with E-state index in [0.29, 0.717) is 25.7 Å². The molecule has 0 bridgehead atoms. The van der Waals surface area contributed by atoms with Gasteiger partial charge in [-0.2, -0.15) is 8.42 Å². The molecular formula is C15H32O4S. The second kappa shape index (κ2) is 11.5. The molecule has 0 aliphatic carbocycles. The monoisotopic (exact) mass is 308 g/mol. The van der Waals surface area contributed by atoms with Gasteiger partial charge in [-0.15, -0.1) is 0 Å². The Morgan fingerprint density at radius 3 is 1.95 bits per heavy atom. The van der Waals surface area contributed by atoms with Crippen molar-refractivity contribution in [2.45, 2.75) is 95.8 Å². The van der Waals surface area contributed by atoms with Gasteiger partial charge in [-0.3, -0.25) is 4.55 Å². The molecular weight excluding hydrogens is 276 g/mol.